The smallest absolute Gasteiger partial charge is 0.253 e. The highest BCUT2D eigenvalue weighted by atomic mass is 16.5. The molecule has 0 bridgehead atoms. The Morgan fingerprint density at radius 2 is 2.00 bits per heavy atom. The lowest BCUT2D eigenvalue weighted by Gasteiger charge is -2.17. The molecule has 0 aliphatic heterocycles. The van der Waals surface area contributed by atoms with Crippen molar-refractivity contribution in [3.63, 3.8) is 0 Å². The molecular formula is C15H21NO2. The topological polar surface area (TPSA) is 29.5 Å². The van der Waals surface area contributed by atoms with Crippen LogP contribution < -0.4 is 4.74 Å². The number of rotatable bonds is 4. The minimum Gasteiger partial charge on any atom is -0.490 e. The molecule has 0 saturated heterocycles. The highest BCUT2D eigenvalue weighted by Crippen LogP contribution is 2.30. The third-order valence-corrected chi connectivity index (χ3v) is 3.11. The lowest BCUT2D eigenvalue weighted by atomic mass is 9.96. The quantitative estimate of drug-likeness (QED) is 0.818. The molecule has 1 aliphatic rings. The Hall–Kier alpha value is -1.51. The molecule has 98 valence electrons. The van der Waals surface area contributed by atoms with E-state index in [-0.39, 0.29) is 5.91 Å². The van der Waals surface area contributed by atoms with Crippen molar-refractivity contribution in [2.45, 2.75) is 38.7 Å². The van der Waals surface area contributed by atoms with E-state index in [1.165, 1.54) is 0 Å². The van der Waals surface area contributed by atoms with Gasteiger partial charge in [0, 0.05) is 19.7 Å². The number of benzene rings is 1. The second kappa shape index (κ2) is 5.01. The van der Waals surface area contributed by atoms with E-state index in [1.54, 1.807) is 19.0 Å². The van der Waals surface area contributed by atoms with Crippen LogP contribution in [-0.2, 0) is 0 Å². The van der Waals surface area contributed by atoms with Gasteiger partial charge in [0.1, 0.15) is 5.75 Å². The summed E-state index contributed by atoms with van der Waals surface area (Å²) in [4.78, 5) is 13.7. The van der Waals surface area contributed by atoms with Crippen LogP contribution in [0.3, 0.4) is 0 Å². The average Bonchev–Trinajstić information content (AvgIpc) is 3.11. The van der Waals surface area contributed by atoms with Gasteiger partial charge >= 0.3 is 0 Å². The number of carbonyl (C=O) groups is 1. The Labute approximate surface area is 109 Å². The van der Waals surface area contributed by atoms with Gasteiger partial charge in [-0.05, 0) is 42.5 Å². The molecule has 3 heteroatoms. The van der Waals surface area contributed by atoms with Crippen molar-refractivity contribution < 1.29 is 9.53 Å². The van der Waals surface area contributed by atoms with Gasteiger partial charge < -0.3 is 9.64 Å². The molecule has 1 fully saturated rings. The van der Waals surface area contributed by atoms with Crippen molar-refractivity contribution in [3.05, 3.63) is 29.3 Å². The van der Waals surface area contributed by atoms with Crippen molar-refractivity contribution in [1.29, 1.82) is 0 Å². The number of carbonyl (C=O) groups excluding carboxylic acids is 1. The largest absolute Gasteiger partial charge is 0.490 e. The van der Waals surface area contributed by atoms with E-state index in [2.05, 4.69) is 13.8 Å². The van der Waals surface area contributed by atoms with Gasteiger partial charge in [-0.3, -0.25) is 4.79 Å². The minimum absolute atomic E-state index is 0.0525. The maximum absolute atomic E-state index is 12.1. The van der Waals surface area contributed by atoms with Gasteiger partial charge in [-0.15, -0.1) is 0 Å². The van der Waals surface area contributed by atoms with Crippen molar-refractivity contribution in [1.82, 2.24) is 4.90 Å². The Bertz CT molecular complexity index is 448. The fourth-order valence-corrected chi connectivity index (χ4v) is 1.91. The van der Waals surface area contributed by atoms with Gasteiger partial charge in [-0.25, -0.2) is 0 Å². The van der Waals surface area contributed by atoms with Crippen LogP contribution in [0.25, 0.3) is 0 Å². The first-order chi connectivity index (χ1) is 8.49. The highest BCUT2D eigenvalue weighted by Gasteiger charge is 2.24. The van der Waals surface area contributed by atoms with Crippen molar-refractivity contribution in [2.24, 2.45) is 0 Å². The van der Waals surface area contributed by atoms with E-state index in [9.17, 15) is 4.79 Å². The molecule has 0 N–H and O–H groups in total. The summed E-state index contributed by atoms with van der Waals surface area (Å²) in [6.07, 6.45) is 2.69. The standard InChI is InChI=1S/C15H21NO2/c1-10(2)14-9-12(18-11-5-6-11)7-8-13(14)15(17)16(3)4/h7-11H,5-6H2,1-4H3. The van der Waals surface area contributed by atoms with Crippen LogP contribution >= 0.6 is 0 Å². The van der Waals surface area contributed by atoms with Crippen LogP contribution in [0.2, 0.25) is 0 Å². The molecule has 0 spiro atoms. The van der Waals surface area contributed by atoms with E-state index in [0.29, 0.717) is 12.0 Å². The molecular weight excluding hydrogens is 226 g/mol. The normalized spacial score (nSPS) is 14.7. The second-order valence-corrected chi connectivity index (χ2v) is 5.42. The Morgan fingerprint density at radius 3 is 2.50 bits per heavy atom. The van der Waals surface area contributed by atoms with Gasteiger partial charge in [0.25, 0.3) is 5.91 Å². The number of ether oxygens (including phenoxy) is 1. The van der Waals surface area contributed by atoms with E-state index in [1.807, 2.05) is 18.2 Å². The zero-order valence-electron chi connectivity index (χ0n) is 11.6. The zero-order valence-corrected chi connectivity index (χ0v) is 11.6. The first-order valence-electron chi connectivity index (χ1n) is 6.51. The van der Waals surface area contributed by atoms with Crippen LogP contribution in [0, 0.1) is 0 Å². The van der Waals surface area contributed by atoms with Crippen LogP contribution in [0.15, 0.2) is 18.2 Å². The van der Waals surface area contributed by atoms with E-state index in [0.717, 1.165) is 29.7 Å². The molecule has 1 aromatic rings. The molecule has 1 saturated carbocycles. The van der Waals surface area contributed by atoms with Gasteiger partial charge in [0.15, 0.2) is 0 Å². The van der Waals surface area contributed by atoms with Gasteiger partial charge in [0.2, 0.25) is 0 Å². The number of hydrogen-bond acceptors (Lipinski definition) is 2. The summed E-state index contributed by atoms with van der Waals surface area (Å²) >= 11 is 0. The maximum Gasteiger partial charge on any atom is 0.253 e. The summed E-state index contributed by atoms with van der Waals surface area (Å²) < 4.78 is 5.79. The van der Waals surface area contributed by atoms with Crippen LogP contribution in [0.5, 0.6) is 5.75 Å². The lowest BCUT2D eigenvalue weighted by molar-refractivity contribution is 0.0826. The number of amides is 1. The van der Waals surface area contributed by atoms with E-state index < -0.39 is 0 Å². The van der Waals surface area contributed by atoms with Gasteiger partial charge in [-0.1, -0.05) is 13.8 Å². The summed E-state index contributed by atoms with van der Waals surface area (Å²) in [5.41, 5.74) is 1.84. The first-order valence-corrected chi connectivity index (χ1v) is 6.51. The molecule has 2 rings (SSSR count). The van der Waals surface area contributed by atoms with Crippen molar-refractivity contribution >= 4 is 5.91 Å². The monoisotopic (exact) mass is 247 g/mol. The van der Waals surface area contributed by atoms with E-state index >= 15 is 0 Å². The third kappa shape index (κ3) is 2.84. The summed E-state index contributed by atoms with van der Waals surface area (Å²) in [6.45, 7) is 4.20. The fraction of sp³-hybridized carbons (Fsp3) is 0.533. The van der Waals surface area contributed by atoms with Gasteiger partial charge in [-0.2, -0.15) is 0 Å². The van der Waals surface area contributed by atoms with E-state index in [4.69, 9.17) is 4.74 Å². The summed E-state index contributed by atoms with van der Waals surface area (Å²) in [7, 11) is 3.56. The predicted octanol–water partition coefficient (Wildman–Crippen LogP) is 3.05. The molecule has 0 heterocycles. The Morgan fingerprint density at radius 1 is 1.33 bits per heavy atom. The highest BCUT2D eigenvalue weighted by molar-refractivity contribution is 5.95. The molecule has 0 unspecified atom stereocenters. The summed E-state index contributed by atoms with van der Waals surface area (Å²) in [5.74, 6) is 1.25. The Kier molecular flexibility index (Phi) is 3.60. The van der Waals surface area contributed by atoms with Crippen LogP contribution in [0.1, 0.15) is 48.5 Å². The van der Waals surface area contributed by atoms with Crippen LogP contribution in [-0.4, -0.2) is 31.0 Å². The third-order valence-electron chi connectivity index (χ3n) is 3.11. The average molecular weight is 247 g/mol. The lowest BCUT2D eigenvalue weighted by Crippen LogP contribution is -2.23. The van der Waals surface area contributed by atoms with Crippen molar-refractivity contribution in [2.75, 3.05) is 14.1 Å². The van der Waals surface area contributed by atoms with Crippen LogP contribution in [0.4, 0.5) is 0 Å². The SMILES string of the molecule is CC(C)c1cc(OC2CC2)ccc1C(=O)N(C)C. The molecule has 1 aliphatic carbocycles. The second-order valence-electron chi connectivity index (χ2n) is 5.42. The molecule has 1 amide bonds. The number of nitrogens with zero attached hydrogens (tertiary/aromatic N) is 1. The molecule has 0 aromatic heterocycles. The molecule has 0 radical (unpaired) electrons. The molecule has 0 atom stereocenters. The Balaban J connectivity index is 2.30. The maximum atomic E-state index is 12.1. The molecule has 3 nitrogen and oxygen atoms in total. The number of hydrogen-bond donors (Lipinski definition) is 0. The minimum atomic E-state index is 0.0525. The molecule has 18 heavy (non-hydrogen) atoms. The fourth-order valence-electron chi connectivity index (χ4n) is 1.91. The van der Waals surface area contributed by atoms with Gasteiger partial charge in [0.05, 0.1) is 6.10 Å². The van der Waals surface area contributed by atoms with Crippen molar-refractivity contribution in [3.8, 4) is 5.75 Å². The summed E-state index contributed by atoms with van der Waals surface area (Å²) in [5, 5.41) is 0. The molecule has 1 aromatic carbocycles. The first kappa shape index (κ1) is 12.9. The predicted molar refractivity (Wildman–Crippen MR) is 72.2 cm³/mol. The zero-order chi connectivity index (χ0) is 13.3. The summed E-state index contributed by atoms with van der Waals surface area (Å²) in [6, 6.07) is 5.80.